The monoisotopic (exact) mass is 297 g/mol. The van der Waals surface area contributed by atoms with Gasteiger partial charge in [-0.25, -0.2) is 0 Å². The fourth-order valence-corrected chi connectivity index (χ4v) is 2.64. The molecule has 0 unspecified atom stereocenters. The Morgan fingerprint density at radius 3 is 2.77 bits per heavy atom. The Labute approximate surface area is 134 Å². The van der Waals surface area contributed by atoms with E-state index < -0.39 is 0 Å². The van der Waals surface area contributed by atoms with Gasteiger partial charge in [-0.3, -0.25) is 0 Å². The number of rotatable bonds is 10. The lowest BCUT2D eigenvalue weighted by Crippen LogP contribution is -2.14. The first-order valence-corrected chi connectivity index (χ1v) is 8.32. The molecule has 0 radical (unpaired) electrons. The molecular formula is C20H27NO. The van der Waals surface area contributed by atoms with Gasteiger partial charge in [-0.2, -0.15) is 0 Å². The zero-order chi connectivity index (χ0) is 15.6. The molecule has 118 valence electrons. The third-order valence-corrected chi connectivity index (χ3v) is 3.84. The molecule has 2 nitrogen and oxygen atoms in total. The molecule has 2 rings (SSSR count). The van der Waals surface area contributed by atoms with Gasteiger partial charge in [0, 0.05) is 18.7 Å². The molecule has 0 atom stereocenters. The third kappa shape index (κ3) is 4.60. The molecule has 0 amide bonds. The Balaban J connectivity index is 2.12. The van der Waals surface area contributed by atoms with Crippen LogP contribution in [0.1, 0.15) is 38.2 Å². The van der Waals surface area contributed by atoms with Crippen molar-refractivity contribution in [2.75, 3.05) is 13.2 Å². The predicted octanol–water partition coefficient (Wildman–Crippen LogP) is 5.07. The maximum atomic E-state index is 6.06. The number of nitrogens with one attached hydrogen (secondary N) is 1. The van der Waals surface area contributed by atoms with Gasteiger partial charge in [-0.15, -0.1) is 6.58 Å². The summed E-state index contributed by atoms with van der Waals surface area (Å²) in [5.74, 6) is 1.01. The van der Waals surface area contributed by atoms with E-state index in [1.165, 1.54) is 35.6 Å². The third-order valence-electron chi connectivity index (χ3n) is 3.84. The quantitative estimate of drug-likeness (QED) is 0.488. The van der Waals surface area contributed by atoms with Gasteiger partial charge in [0.05, 0.1) is 6.61 Å². The molecule has 0 aromatic heterocycles. The van der Waals surface area contributed by atoms with Crippen LogP contribution < -0.4 is 10.1 Å². The molecule has 0 aliphatic carbocycles. The fraction of sp³-hybridized carbons (Fsp3) is 0.400. The summed E-state index contributed by atoms with van der Waals surface area (Å²) in [6, 6.07) is 12.7. The Morgan fingerprint density at radius 2 is 1.95 bits per heavy atom. The molecule has 0 bridgehead atoms. The van der Waals surface area contributed by atoms with Gasteiger partial charge in [0.15, 0.2) is 0 Å². The van der Waals surface area contributed by atoms with Crippen molar-refractivity contribution in [2.24, 2.45) is 0 Å². The van der Waals surface area contributed by atoms with Crippen LogP contribution in [0.3, 0.4) is 0 Å². The van der Waals surface area contributed by atoms with Gasteiger partial charge in [0.1, 0.15) is 5.75 Å². The minimum absolute atomic E-state index is 0.798. The summed E-state index contributed by atoms with van der Waals surface area (Å²) in [7, 11) is 0. The van der Waals surface area contributed by atoms with Crippen LogP contribution in [0.25, 0.3) is 10.8 Å². The average Bonchev–Trinajstić information content (AvgIpc) is 2.56. The average molecular weight is 297 g/mol. The van der Waals surface area contributed by atoms with Crippen molar-refractivity contribution < 1.29 is 4.74 Å². The molecule has 1 N–H and O–H groups in total. The summed E-state index contributed by atoms with van der Waals surface area (Å²) in [5, 5.41) is 5.93. The minimum Gasteiger partial charge on any atom is -0.493 e. The normalized spacial score (nSPS) is 10.8. The van der Waals surface area contributed by atoms with Gasteiger partial charge in [-0.05, 0) is 23.3 Å². The minimum atomic E-state index is 0.798. The lowest BCUT2D eigenvalue weighted by atomic mass is 10.0. The second-order valence-electron chi connectivity index (χ2n) is 5.59. The van der Waals surface area contributed by atoms with E-state index in [1.807, 2.05) is 6.08 Å². The standard InChI is InChI=1S/C20H27NO/c1-3-5-6-9-15-22-20-13-12-17-10-7-8-11-18(17)19(20)16-21-14-4-2/h4,7-8,10-13,21H,2-3,5-6,9,14-16H2,1H3. The summed E-state index contributed by atoms with van der Waals surface area (Å²) >= 11 is 0. The number of ether oxygens (including phenoxy) is 1. The maximum Gasteiger partial charge on any atom is 0.124 e. The Morgan fingerprint density at radius 1 is 1.09 bits per heavy atom. The van der Waals surface area contributed by atoms with Crippen molar-refractivity contribution in [3.8, 4) is 5.75 Å². The SMILES string of the molecule is C=CCNCc1c(OCCCCCC)ccc2ccccc12. The molecule has 22 heavy (non-hydrogen) atoms. The second-order valence-corrected chi connectivity index (χ2v) is 5.59. The predicted molar refractivity (Wildman–Crippen MR) is 95.5 cm³/mol. The highest BCUT2D eigenvalue weighted by Crippen LogP contribution is 2.28. The summed E-state index contributed by atoms with van der Waals surface area (Å²) < 4.78 is 6.06. The molecule has 0 saturated heterocycles. The van der Waals surface area contributed by atoms with E-state index in [2.05, 4.69) is 55.2 Å². The van der Waals surface area contributed by atoms with E-state index >= 15 is 0 Å². The zero-order valence-corrected chi connectivity index (χ0v) is 13.6. The lowest BCUT2D eigenvalue weighted by Gasteiger charge is -2.15. The van der Waals surface area contributed by atoms with Crippen LogP contribution >= 0.6 is 0 Å². The van der Waals surface area contributed by atoms with Gasteiger partial charge in [-0.1, -0.05) is 62.6 Å². The first-order valence-electron chi connectivity index (χ1n) is 8.32. The fourth-order valence-electron chi connectivity index (χ4n) is 2.64. The maximum absolute atomic E-state index is 6.06. The van der Waals surface area contributed by atoms with Crippen LogP contribution in [0.15, 0.2) is 49.1 Å². The van der Waals surface area contributed by atoms with Crippen LogP contribution in [-0.2, 0) is 6.54 Å². The topological polar surface area (TPSA) is 21.3 Å². The molecule has 0 aliphatic rings. The molecule has 0 saturated carbocycles. The number of hydrogen-bond donors (Lipinski definition) is 1. The van der Waals surface area contributed by atoms with Crippen molar-refractivity contribution in [3.05, 3.63) is 54.6 Å². The molecule has 2 aromatic rings. The molecule has 2 aromatic carbocycles. The second kappa shape index (κ2) is 9.26. The Bertz CT molecular complexity index is 591. The molecular weight excluding hydrogens is 270 g/mol. The zero-order valence-electron chi connectivity index (χ0n) is 13.6. The van der Waals surface area contributed by atoms with Gasteiger partial charge in [0.25, 0.3) is 0 Å². The van der Waals surface area contributed by atoms with Crippen molar-refractivity contribution in [2.45, 2.75) is 39.2 Å². The van der Waals surface area contributed by atoms with E-state index in [9.17, 15) is 0 Å². The van der Waals surface area contributed by atoms with Crippen LogP contribution in [0.5, 0.6) is 5.75 Å². The van der Waals surface area contributed by atoms with Gasteiger partial charge < -0.3 is 10.1 Å². The van der Waals surface area contributed by atoms with Crippen LogP contribution in [0, 0.1) is 0 Å². The lowest BCUT2D eigenvalue weighted by molar-refractivity contribution is 0.302. The molecule has 0 fully saturated rings. The molecule has 0 aliphatic heterocycles. The first-order chi connectivity index (χ1) is 10.9. The number of hydrogen-bond acceptors (Lipinski definition) is 2. The van der Waals surface area contributed by atoms with Crippen molar-refractivity contribution in [3.63, 3.8) is 0 Å². The number of benzene rings is 2. The summed E-state index contributed by atoms with van der Waals surface area (Å²) in [6.45, 7) is 8.40. The van der Waals surface area contributed by atoms with E-state index in [-0.39, 0.29) is 0 Å². The van der Waals surface area contributed by atoms with Crippen LogP contribution in [0.4, 0.5) is 0 Å². The van der Waals surface area contributed by atoms with Crippen LogP contribution in [0.2, 0.25) is 0 Å². The van der Waals surface area contributed by atoms with E-state index in [1.54, 1.807) is 0 Å². The first kappa shape index (κ1) is 16.6. The van der Waals surface area contributed by atoms with Gasteiger partial charge >= 0.3 is 0 Å². The molecule has 2 heteroatoms. The van der Waals surface area contributed by atoms with E-state index in [4.69, 9.17) is 4.74 Å². The smallest absolute Gasteiger partial charge is 0.124 e. The van der Waals surface area contributed by atoms with Crippen LogP contribution in [-0.4, -0.2) is 13.2 Å². The van der Waals surface area contributed by atoms with E-state index in [0.29, 0.717) is 0 Å². The van der Waals surface area contributed by atoms with Crippen molar-refractivity contribution in [1.82, 2.24) is 5.32 Å². The number of unbranched alkanes of at least 4 members (excludes halogenated alkanes) is 3. The Hall–Kier alpha value is -1.80. The summed E-state index contributed by atoms with van der Waals surface area (Å²) in [5.41, 5.74) is 1.25. The van der Waals surface area contributed by atoms with Crippen molar-refractivity contribution >= 4 is 10.8 Å². The summed E-state index contributed by atoms with van der Waals surface area (Å²) in [4.78, 5) is 0. The van der Waals surface area contributed by atoms with Gasteiger partial charge in [0.2, 0.25) is 0 Å². The van der Waals surface area contributed by atoms with E-state index in [0.717, 1.165) is 31.9 Å². The molecule has 0 heterocycles. The summed E-state index contributed by atoms with van der Waals surface area (Å²) in [6.07, 6.45) is 6.80. The highest BCUT2D eigenvalue weighted by atomic mass is 16.5. The number of fused-ring (bicyclic) bond motifs is 1. The highest BCUT2D eigenvalue weighted by Gasteiger charge is 2.08. The highest BCUT2D eigenvalue weighted by molar-refractivity contribution is 5.87. The molecule has 0 spiro atoms. The Kier molecular flexibility index (Phi) is 6.98. The van der Waals surface area contributed by atoms with Crippen molar-refractivity contribution in [1.29, 1.82) is 0 Å². The largest absolute Gasteiger partial charge is 0.493 e.